The Kier molecular flexibility index (Phi) is 3.30. The van der Waals surface area contributed by atoms with E-state index >= 15 is 0 Å². The second kappa shape index (κ2) is 4.29. The van der Waals surface area contributed by atoms with Gasteiger partial charge in [0.15, 0.2) is 5.78 Å². The van der Waals surface area contributed by atoms with Crippen LogP contribution in [0, 0.1) is 0 Å². The zero-order valence-corrected chi connectivity index (χ0v) is 6.97. The van der Waals surface area contributed by atoms with Crippen molar-refractivity contribution in [1.82, 2.24) is 5.32 Å². The van der Waals surface area contributed by atoms with E-state index in [0.717, 1.165) is 6.54 Å². The van der Waals surface area contributed by atoms with Crippen molar-refractivity contribution >= 4 is 5.78 Å². The predicted octanol–water partition coefficient (Wildman–Crippen LogP) is 1.27. The number of ketones is 1. The molecule has 1 rings (SSSR count). The highest BCUT2D eigenvalue weighted by molar-refractivity contribution is 5.87. The van der Waals surface area contributed by atoms with E-state index in [1.54, 1.807) is 13.0 Å². The van der Waals surface area contributed by atoms with Crippen molar-refractivity contribution in [2.24, 2.45) is 0 Å². The van der Waals surface area contributed by atoms with Gasteiger partial charge >= 0.3 is 0 Å². The van der Waals surface area contributed by atoms with Crippen LogP contribution in [0.25, 0.3) is 0 Å². The molecule has 1 aliphatic rings. The highest BCUT2D eigenvalue weighted by Crippen LogP contribution is 2.17. The topological polar surface area (TPSA) is 29.1 Å². The minimum atomic E-state index is 0.125. The van der Waals surface area contributed by atoms with E-state index in [-0.39, 0.29) is 5.78 Å². The van der Waals surface area contributed by atoms with Crippen molar-refractivity contribution in [3.8, 4) is 0 Å². The van der Waals surface area contributed by atoms with Crippen LogP contribution in [0.4, 0.5) is 0 Å². The molecule has 0 aromatic heterocycles. The number of rotatable bonds is 4. The standard InChI is InChI=1S/C9H15NO/c1-8(11)4-3-7-10-9-5-2-6-9/h3-4,9-10H,2,5-7H2,1H3/b4-3+. The maximum absolute atomic E-state index is 10.5. The molecule has 0 amide bonds. The van der Waals surface area contributed by atoms with Gasteiger partial charge in [0.05, 0.1) is 0 Å². The maximum atomic E-state index is 10.5. The fraction of sp³-hybridized carbons (Fsp3) is 0.667. The molecule has 0 aliphatic heterocycles. The van der Waals surface area contributed by atoms with Crippen molar-refractivity contribution < 1.29 is 4.79 Å². The van der Waals surface area contributed by atoms with Gasteiger partial charge in [-0.15, -0.1) is 0 Å². The van der Waals surface area contributed by atoms with E-state index in [1.165, 1.54) is 19.3 Å². The van der Waals surface area contributed by atoms with Gasteiger partial charge in [-0.05, 0) is 25.8 Å². The van der Waals surface area contributed by atoms with Crippen LogP contribution in [0.2, 0.25) is 0 Å². The Labute approximate surface area is 67.7 Å². The van der Waals surface area contributed by atoms with Gasteiger partial charge in [0.25, 0.3) is 0 Å². The van der Waals surface area contributed by atoms with Crippen LogP contribution < -0.4 is 5.32 Å². The lowest BCUT2D eigenvalue weighted by atomic mass is 9.93. The Hall–Kier alpha value is -0.630. The molecule has 62 valence electrons. The SMILES string of the molecule is CC(=O)/C=C/CNC1CCC1. The van der Waals surface area contributed by atoms with Crippen LogP contribution >= 0.6 is 0 Å². The molecule has 0 aromatic carbocycles. The largest absolute Gasteiger partial charge is 0.311 e. The Morgan fingerprint density at radius 2 is 2.36 bits per heavy atom. The summed E-state index contributed by atoms with van der Waals surface area (Å²) in [6.07, 6.45) is 7.46. The van der Waals surface area contributed by atoms with E-state index < -0.39 is 0 Å². The van der Waals surface area contributed by atoms with Crippen LogP contribution in [0.15, 0.2) is 12.2 Å². The van der Waals surface area contributed by atoms with Crippen molar-refractivity contribution in [3.05, 3.63) is 12.2 Å². The van der Waals surface area contributed by atoms with Gasteiger partial charge in [-0.1, -0.05) is 12.5 Å². The number of hydrogen-bond donors (Lipinski definition) is 1. The van der Waals surface area contributed by atoms with E-state index in [9.17, 15) is 4.79 Å². The number of hydrogen-bond acceptors (Lipinski definition) is 2. The van der Waals surface area contributed by atoms with Crippen molar-refractivity contribution in [2.45, 2.75) is 32.2 Å². The third-order valence-electron chi connectivity index (χ3n) is 1.98. The normalized spacial score (nSPS) is 18.6. The first-order valence-electron chi connectivity index (χ1n) is 4.19. The Morgan fingerprint density at radius 3 is 2.82 bits per heavy atom. The number of allylic oxidation sites excluding steroid dienone is 1. The molecule has 1 saturated carbocycles. The summed E-state index contributed by atoms with van der Waals surface area (Å²) in [5.74, 6) is 0.125. The Morgan fingerprint density at radius 1 is 1.64 bits per heavy atom. The number of carbonyl (C=O) groups excluding carboxylic acids is 1. The first-order valence-corrected chi connectivity index (χ1v) is 4.19. The average molecular weight is 153 g/mol. The van der Waals surface area contributed by atoms with Gasteiger partial charge in [-0.25, -0.2) is 0 Å². The summed E-state index contributed by atoms with van der Waals surface area (Å²) in [6.45, 7) is 2.41. The predicted molar refractivity (Wildman–Crippen MR) is 45.5 cm³/mol. The molecule has 2 heteroatoms. The highest BCUT2D eigenvalue weighted by Gasteiger charge is 2.14. The van der Waals surface area contributed by atoms with Crippen molar-refractivity contribution in [2.75, 3.05) is 6.54 Å². The minimum absolute atomic E-state index is 0.125. The first-order chi connectivity index (χ1) is 5.29. The van der Waals surface area contributed by atoms with Crippen LogP contribution in [-0.4, -0.2) is 18.4 Å². The van der Waals surface area contributed by atoms with Gasteiger partial charge in [0.1, 0.15) is 0 Å². The second-order valence-corrected chi connectivity index (χ2v) is 3.05. The number of nitrogens with one attached hydrogen (secondary N) is 1. The summed E-state index contributed by atoms with van der Waals surface area (Å²) in [7, 11) is 0. The van der Waals surface area contributed by atoms with Gasteiger partial charge in [0.2, 0.25) is 0 Å². The molecular formula is C9H15NO. The molecule has 0 radical (unpaired) electrons. The molecule has 11 heavy (non-hydrogen) atoms. The van der Waals surface area contributed by atoms with Crippen LogP contribution in [-0.2, 0) is 4.79 Å². The summed E-state index contributed by atoms with van der Waals surface area (Å²) in [5.41, 5.74) is 0. The van der Waals surface area contributed by atoms with Gasteiger partial charge in [-0.3, -0.25) is 4.79 Å². The van der Waals surface area contributed by atoms with Gasteiger partial charge < -0.3 is 5.32 Å². The third-order valence-corrected chi connectivity index (χ3v) is 1.98. The van der Waals surface area contributed by atoms with Crippen LogP contribution in [0.5, 0.6) is 0 Å². The van der Waals surface area contributed by atoms with Crippen molar-refractivity contribution in [1.29, 1.82) is 0 Å². The molecule has 0 aromatic rings. The molecule has 0 saturated heterocycles. The van der Waals surface area contributed by atoms with E-state index in [1.807, 2.05) is 6.08 Å². The monoisotopic (exact) mass is 153 g/mol. The quantitative estimate of drug-likeness (QED) is 0.616. The molecule has 1 aliphatic carbocycles. The summed E-state index contributed by atoms with van der Waals surface area (Å²) in [4.78, 5) is 10.5. The Bertz CT molecular complexity index is 159. The van der Waals surface area contributed by atoms with Gasteiger partial charge in [-0.2, -0.15) is 0 Å². The third kappa shape index (κ3) is 3.33. The highest BCUT2D eigenvalue weighted by atomic mass is 16.1. The molecule has 0 bridgehead atoms. The lowest BCUT2D eigenvalue weighted by Gasteiger charge is -2.25. The molecule has 1 fully saturated rings. The molecule has 0 atom stereocenters. The van der Waals surface area contributed by atoms with Crippen LogP contribution in [0.3, 0.4) is 0 Å². The van der Waals surface area contributed by atoms with E-state index in [4.69, 9.17) is 0 Å². The second-order valence-electron chi connectivity index (χ2n) is 3.05. The average Bonchev–Trinajstić information content (AvgIpc) is 1.82. The molecule has 2 nitrogen and oxygen atoms in total. The minimum Gasteiger partial charge on any atom is -0.311 e. The fourth-order valence-electron chi connectivity index (χ4n) is 1.07. The molecule has 0 heterocycles. The maximum Gasteiger partial charge on any atom is 0.152 e. The van der Waals surface area contributed by atoms with Crippen molar-refractivity contribution in [3.63, 3.8) is 0 Å². The van der Waals surface area contributed by atoms with Gasteiger partial charge in [0, 0.05) is 12.6 Å². The Balaban J connectivity index is 1.98. The zero-order chi connectivity index (χ0) is 8.10. The first kappa shape index (κ1) is 8.47. The lowest BCUT2D eigenvalue weighted by Crippen LogP contribution is -2.35. The summed E-state index contributed by atoms with van der Waals surface area (Å²) in [6, 6.07) is 0.714. The summed E-state index contributed by atoms with van der Waals surface area (Å²) >= 11 is 0. The summed E-state index contributed by atoms with van der Waals surface area (Å²) < 4.78 is 0. The molecular weight excluding hydrogens is 138 g/mol. The van der Waals surface area contributed by atoms with E-state index in [2.05, 4.69) is 5.32 Å². The summed E-state index contributed by atoms with van der Waals surface area (Å²) in [5, 5.41) is 3.34. The number of carbonyl (C=O) groups is 1. The lowest BCUT2D eigenvalue weighted by molar-refractivity contribution is -0.112. The molecule has 1 N–H and O–H groups in total. The fourth-order valence-corrected chi connectivity index (χ4v) is 1.07. The van der Waals surface area contributed by atoms with E-state index in [0.29, 0.717) is 6.04 Å². The smallest absolute Gasteiger partial charge is 0.152 e. The molecule has 0 unspecified atom stereocenters. The zero-order valence-electron chi connectivity index (χ0n) is 6.97. The molecule has 0 spiro atoms. The van der Waals surface area contributed by atoms with Crippen LogP contribution in [0.1, 0.15) is 26.2 Å².